The molecule has 5 heteroatoms. The summed E-state index contributed by atoms with van der Waals surface area (Å²) in [4.78, 5) is 13.6. The van der Waals surface area contributed by atoms with Crippen LogP contribution in [0.15, 0.2) is 0 Å². The van der Waals surface area contributed by atoms with Gasteiger partial charge in [0.05, 0.1) is 11.5 Å². The molecule has 3 aliphatic rings. The highest BCUT2D eigenvalue weighted by molar-refractivity contribution is 7.99. The highest BCUT2D eigenvalue weighted by Gasteiger charge is 2.41. The summed E-state index contributed by atoms with van der Waals surface area (Å²) in [5.74, 6) is 1.73. The molecule has 1 unspecified atom stereocenters. The van der Waals surface area contributed by atoms with Crippen molar-refractivity contribution in [3.8, 4) is 0 Å². The molecule has 1 spiro atoms. The molecule has 0 aromatic rings. The minimum atomic E-state index is -0.614. The molecule has 3 saturated heterocycles. The summed E-state index contributed by atoms with van der Waals surface area (Å²) in [5, 5.41) is 9.09. The van der Waals surface area contributed by atoms with E-state index in [-0.39, 0.29) is 11.5 Å². The summed E-state index contributed by atoms with van der Waals surface area (Å²) < 4.78 is 6.15. The summed E-state index contributed by atoms with van der Waals surface area (Å²) in [5.41, 5.74) is 0.137. The van der Waals surface area contributed by atoms with Gasteiger partial charge >= 0.3 is 5.97 Å². The summed E-state index contributed by atoms with van der Waals surface area (Å²) in [6, 6.07) is 0.613. The summed E-state index contributed by atoms with van der Waals surface area (Å²) in [6.45, 7) is 2.78. The first-order chi connectivity index (χ1) is 9.69. The van der Waals surface area contributed by atoms with Crippen molar-refractivity contribution in [2.24, 2.45) is 5.92 Å². The third kappa shape index (κ3) is 3.15. The Morgan fingerprint density at radius 2 is 1.90 bits per heavy atom. The average molecular weight is 299 g/mol. The fraction of sp³-hybridized carbons (Fsp3) is 0.933. The predicted octanol–water partition coefficient (Wildman–Crippen LogP) is 2.23. The number of carboxylic acid groups (broad SMARTS) is 1. The van der Waals surface area contributed by atoms with Crippen LogP contribution in [0.25, 0.3) is 0 Å². The second-order valence-corrected chi connectivity index (χ2v) is 7.66. The zero-order valence-corrected chi connectivity index (χ0v) is 12.9. The number of likely N-dealkylation sites (tertiary alicyclic amines) is 1. The van der Waals surface area contributed by atoms with Crippen LogP contribution in [0, 0.1) is 5.92 Å². The first-order valence-corrected chi connectivity index (χ1v) is 9.03. The first-order valence-electron chi connectivity index (χ1n) is 7.87. The second-order valence-electron chi connectivity index (χ2n) is 6.44. The zero-order valence-electron chi connectivity index (χ0n) is 12.1. The van der Waals surface area contributed by atoms with Gasteiger partial charge in [-0.2, -0.15) is 11.8 Å². The summed E-state index contributed by atoms with van der Waals surface area (Å²) in [6.07, 6.45) is 6.29. The first kappa shape index (κ1) is 14.7. The molecule has 0 aromatic carbocycles. The molecule has 1 atom stereocenters. The van der Waals surface area contributed by atoms with Crippen LogP contribution in [0.4, 0.5) is 0 Å². The third-order valence-electron chi connectivity index (χ3n) is 5.27. The number of nitrogens with zero attached hydrogens (tertiary/aromatic N) is 1. The number of ether oxygens (including phenoxy) is 1. The van der Waals surface area contributed by atoms with E-state index in [0.717, 1.165) is 45.4 Å². The second kappa shape index (κ2) is 6.24. The van der Waals surface area contributed by atoms with Crippen molar-refractivity contribution < 1.29 is 14.6 Å². The van der Waals surface area contributed by atoms with Gasteiger partial charge < -0.3 is 14.7 Å². The Bertz CT molecular complexity index is 344. The van der Waals surface area contributed by atoms with E-state index < -0.39 is 5.97 Å². The van der Waals surface area contributed by atoms with E-state index in [9.17, 15) is 4.79 Å². The lowest BCUT2D eigenvalue weighted by Crippen LogP contribution is -2.52. The molecule has 0 amide bonds. The Kier molecular flexibility index (Phi) is 4.58. The normalized spacial score (nSPS) is 32.3. The lowest BCUT2D eigenvalue weighted by Gasteiger charge is -2.47. The van der Waals surface area contributed by atoms with E-state index in [1.165, 1.54) is 24.3 Å². The van der Waals surface area contributed by atoms with Crippen LogP contribution in [-0.4, -0.2) is 58.8 Å². The van der Waals surface area contributed by atoms with Gasteiger partial charge in [0.2, 0.25) is 0 Å². The van der Waals surface area contributed by atoms with Gasteiger partial charge in [0.25, 0.3) is 0 Å². The molecule has 0 radical (unpaired) electrons. The van der Waals surface area contributed by atoms with Crippen molar-refractivity contribution in [3.63, 3.8) is 0 Å². The molecule has 20 heavy (non-hydrogen) atoms. The van der Waals surface area contributed by atoms with Crippen LogP contribution in [0.2, 0.25) is 0 Å². The minimum Gasteiger partial charge on any atom is -0.481 e. The molecule has 3 fully saturated rings. The zero-order chi connectivity index (χ0) is 14.0. The topological polar surface area (TPSA) is 49.8 Å². The number of piperidine rings is 1. The number of rotatable bonds is 2. The highest BCUT2D eigenvalue weighted by Crippen LogP contribution is 2.39. The average Bonchev–Trinajstić information content (AvgIpc) is 2.48. The van der Waals surface area contributed by atoms with Gasteiger partial charge in [0.15, 0.2) is 0 Å². The van der Waals surface area contributed by atoms with Crippen molar-refractivity contribution in [1.82, 2.24) is 4.90 Å². The van der Waals surface area contributed by atoms with Gasteiger partial charge in [-0.15, -0.1) is 0 Å². The fourth-order valence-electron chi connectivity index (χ4n) is 3.92. The van der Waals surface area contributed by atoms with Crippen LogP contribution in [0.1, 0.15) is 38.5 Å². The van der Waals surface area contributed by atoms with Gasteiger partial charge in [-0.25, -0.2) is 0 Å². The van der Waals surface area contributed by atoms with Gasteiger partial charge in [0.1, 0.15) is 0 Å². The van der Waals surface area contributed by atoms with Gasteiger partial charge in [-0.1, -0.05) is 0 Å². The molecule has 3 aliphatic heterocycles. The molecular weight excluding hydrogens is 274 g/mol. The van der Waals surface area contributed by atoms with E-state index in [1.807, 2.05) is 11.8 Å². The van der Waals surface area contributed by atoms with E-state index in [1.54, 1.807) is 0 Å². The molecule has 1 N–H and O–H groups in total. The molecular formula is C15H25NO3S. The lowest BCUT2D eigenvalue weighted by atomic mass is 9.83. The SMILES string of the molecule is O=C(O)C1CCN(C2CCOC3(CCSCC3)C2)CC1. The smallest absolute Gasteiger partial charge is 0.306 e. The van der Waals surface area contributed by atoms with Crippen molar-refractivity contribution in [1.29, 1.82) is 0 Å². The lowest BCUT2D eigenvalue weighted by molar-refractivity contribution is -0.145. The van der Waals surface area contributed by atoms with Gasteiger partial charge in [0, 0.05) is 12.6 Å². The van der Waals surface area contributed by atoms with Gasteiger partial charge in [-0.3, -0.25) is 4.79 Å². The molecule has 0 saturated carbocycles. The molecule has 3 heterocycles. The van der Waals surface area contributed by atoms with Crippen LogP contribution in [0.5, 0.6) is 0 Å². The molecule has 114 valence electrons. The molecule has 0 aromatic heterocycles. The molecule has 4 nitrogen and oxygen atoms in total. The van der Waals surface area contributed by atoms with Crippen LogP contribution in [0.3, 0.4) is 0 Å². The van der Waals surface area contributed by atoms with Crippen molar-refractivity contribution in [3.05, 3.63) is 0 Å². The number of hydrogen-bond donors (Lipinski definition) is 1. The Labute approximate surface area is 125 Å². The van der Waals surface area contributed by atoms with Gasteiger partial charge in [-0.05, 0) is 63.1 Å². The monoisotopic (exact) mass is 299 g/mol. The Morgan fingerprint density at radius 1 is 1.20 bits per heavy atom. The maximum atomic E-state index is 11.0. The van der Waals surface area contributed by atoms with E-state index in [4.69, 9.17) is 9.84 Å². The Hall–Kier alpha value is -0.260. The Morgan fingerprint density at radius 3 is 2.55 bits per heavy atom. The predicted molar refractivity (Wildman–Crippen MR) is 80.2 cm³/mol. The number of carbonyl (C=O) groups is 1. The van der Waals surface area contributed by atoms with E-state index in [2.05, 4.69) is 4.90 Å². The number of thioether (sulfide) groups is 1. The maximum Gasteiger partial charge on any atom is 0.306 e. The standard InChI is InChI=1S/C15H25NO3S/c17-14(18)12-1-6-16(7-2-12)13-3-8-19-15(11-13)4-9-20-10-5-15/h12-13H,1-11H2,(H,17,18). The molecule has 0 aliphatic carbocycles. The quantitative estimate of drug-likeness (QED) is 0.847. The van der Waals surface area contributed by atoms with Crippen LogP contribution in [-0.2, 0) is 9.53 Å². The van der Waals surface area contributed by atoms with Crippen LogP contribution < -0.4 is 0 Å². The Balaban J connectivity index is 1.56. The molecule has 3 rings (SSSR count). The number of hydrogen-bond acceptors (Lipinski definition) is 4. The number of carboxylic acids is 1. The maximum absolute atomic E-state index is 11.0. The minimum absolute atomic E-state index is 0.119. The van der Waals surface area contributed by atoms with E-state index >= 15 is 0 Å². The fourth-order valence-corrected chi connectivity index (χ4v) is 5.15. The summed E-state index contributed by atoms with van der Waals surface area (Å²) >= 11 is 2.04. The largest absolute Gasteiger partial charge is 0.481 e. The van der Waals surface area contributed by atoms with Crippen LogP contribution >= 0.6 is 11.8 Å². The summed E-state index contributed by atoms with van der Waals surface area (Å²) in [7, 11) is 0. The third-order valence-corrected chi connectivity index (χ3v) is 6.25. The van der Waals surface area contributed by atoms with Crippen molar-refractivity contribution >= 4 is 17.7 Å². The van der Waals surface area contributed by atoms with Crippen molar-refractivity contribution in [2.45, 2.75) is 50.2 Å². The molecule has 0 bridgehead atoms. The van der Waals surface area contributed by atoms with E-state index in [0.29, 0.717) is 6.04 Å². The number of aliphatic carboxylic acids is 1. The van der Waals surface area contributed by atoms with Crippen molar-refractivity contribution in [2.75, 3.05) is 31.2 Å². The highest BCUT2D eigenvalue weighted by atomic mass is 32.2.